The molecule has 2 aliphatic rings. The first-order valence-electron chi connectivity index (χ1n) is 14.3. The molecule has 2 amide bonds. The van der Waals surface area contributed by atoms with Crippen molar-refractivity contribution in [2.24, 2.45) is 0 Å². The Morgan fingerprint density at radius 2 is 1.68 bits per heavy atom. The highest BCUT2D eigenvalue weighted by Gasteiger charge is 2.32. The molecule has 1 aromatic carbocycles. The van der Waals surface area contributed by atoms with Crippen molar-refractivity contribution in [1.29, 1.82) is 0 Å². The third-order valence-electron chi connectivity index (χ3n) is 7.73. The number of likely N-dealkylation sites (tertiary alicyclic amines) is 2. The van der Waals surface area contributed by atoms with Gasteiger partial charge in [0.25, 0.3) is 5.91 Å². The fraction of sp³-hybridized carbons (Fsp3) is 0.633. The molecular formula is C30H45N5O3. The minimum Gasteiger partial charge on any atom is -0.444 e. The molecule has 208 valence electrons. The van der Waals surface area contributed by atoms with Gasteiger partial charge in [-0.3, -0.25) is 4.79 Å². The molecule has 1 aromatic heterocycles. The van der Waals surface area contributed by atoms with E-state index >= 15 is 0 Å². The maximum atomic E-state index is 13.4. The molecule has 0 bridgehead atoms. The second kappa shape index (κ2) is 12.3. The Morgan fingerprint density at radius 3 is 2.32 bits per heavy atom. The van der Waals surface area contributed by atoms with Crippen molar-refractivity contribution in [2.75, 3.05) is 39.3 Å². The summed E-state index contributed by atoms with van der Waals surface area (Å²) in [4.78, 5) is 30.3. The van der Waals surface area contributed by atoms with Crippen LogP contribution in [0.2, 0.25) is 0 Å². The number of amides is 2. The van der Waals surface area contributed by atoms with Crippen LogP contribution in [0.25, 0.3) is 5.69 Å². The van der Waals surface area contributed by atoms with Crippen molar-refractivity contribution >= 4 is 12.0 Å². The molecule has 2 saturated heterocycles. The number of aromatic nitrogens is 2. The fourth-order valence-electron chi connectivity index (χ4n) is 5.43. The first-order valence-corrected chi connectivity index (χ1v) is 14.3. The Morgan fingerprint density at radius 1 is 1.00 bits per heavy atom. The summed E-state index contributed by atoms with van der Waals surface area (Å²) in [6.45, 7) is 14.8. The van der Waals surface area contributed by atoms with E-state index in [-0.39, 0.29) is 17.9 Å². The molecule has 2 fully saturated rings. The quantitative estimate of drug-likeness (QED) is 0.562. The molecule has 0 aliphatic carbocycles. The third-order valence-corrected chi connectivity index (χ3v) is 7.73. The topological polar surface area (TPSA) is 79.7 Å². The molecule has 0 atom stereocenters. The molecule has 8 heteroatoms. The first-order chi connectivity index (χ1) is 18.1. The van der Waals surface area contributed by atoms with E-state index in [0.29, 0.717) is 25.2 Å². The SMILES string of the molecule is Cc1ccc(-n2ncc(C(=O)NCCN3CCCCCC3)c2C2CCN(C(=O)OC(C)(C)C)CC2)cc1C. The minimum atomic E-state index is -0.519. The number of benzene rings is 1. The van der Waals surface area contributed by atoms with Crippen LogP contribution in [0.4, 0.5) is 4.79 Å². The van der Waals surface area contributed by atoms with Gasteiger partial charge in [0.05, 0.1) is 23.1 Å². The molecule has 0 spiro atoms. The molecule has 2 aromatic rings. The first kappa shape index (κ1) is 28.1. The molecule has 2 aliphatic heterocycles. The predicted octanol–water partition coefficient (Wildman–Crippen LogP) is 5.21. The highest BCUT2D eigenvalue weighted by Crippen LogP contribution is 2.33. The molecule has 38 heavy (non-hydrogen) atoms. The van der Waals surface area contributed by atoms with Crippen LogP contribution < -0.4 is 5.32 Å². The van der Waals surface area contributed by atoms with Gasteiger partial charge in [0.1, 0.15) is 5.60 Å². The molecule has 8 nitrogen and oxygen atoms in total. The second-order valence-corrected chi connectivity index (χ2v) is 11.9. The second-order valence-electron chi connectivity index (χ2n) is 11.9. The number of hydrogen-bond donors (Lipinski definition) is 1. The average molecular weight is 524 g/mol. The Balaban J connectivity index is 1.51. The molecule has 3 heterocycles. The molecular weight excluding hydrogens is 478 g/mol. The average Bonchev–Trinajstić information content (AvgIpc) is 3.15. The zero-order valence-electron chi connectivity index (χ0n) is 23.9. The summed E-state index contributed by atoms with van der Waals surface area (Å²) in [5, 5.41) is 7.87. The van der Waals surface area contributed by atoms with Gasteiger partial charge in [-0.1, -0.05) is 18.9 Å². The lowest BCUT2D eigenvalue weighted by atomic mass is 9.90. The van der Waals surface area contributed by atoms with E-state index < -0.39 is 5.60 Å². The van der Waals surface area contributed by atoms with Gasteiger partial charge in [0, 0.05) is 32.1 Å². The highest BCUT2D eigenvalue weighted by atomic mass is 16.6. The summed E-state index contributed by atoms with van der Waals surface area (Å²) >= 11 is 0. The number of hydrogen-bond acceptors (Lipinski definition) is 5. The fourth-order valence-corrected chi connectivity index (χ4v) is 5.43. The van der Waals surface area contributed by atoms with E-state index in [4.69, 9.17) is 9.84 Å². The lowest BCUT2D eigenvalue weighted by molar-refractivity contribution is 0.0203. The highest BCUT2D eigenvalue weighted by molar-refractivity contribution is 5.95. The summed E-state index contributed by atoms with van der Waals surface area (Å²) < 4.78 is 7.52. The van der Waals surface area contributed by atoms with Gasteiger partial charge in [-0.05, 0) is 96.7 Å². The Labute approximate surface area is 227 Å². The number of carbonyl (C=O) groups is 2. The maximum Gasteiger partial charge on any atom is 0.410 e. The third kappa shape index (κ3) is 7.16. The van der Waals surface area contributed by atoms with Gasteiger partial charge in [-0.25, -0.2) is 9.48 Å². The minimum absolute atomic E-state index is 0.0699. The number of aryl methyl sites for hydroxylation is 2. The van der Waals surface area contributed by atoms with Crippen LogP contribution in [-0.2, 0) is 4.74 Å². The summed E-state index contributed by atoms with van der Waals surface area (Å²) in [5.74, 6) is 0.0450. The number of ether oxygens (including phenoxy) is 1. The van der Waals surface area contributed by atoms with E-state index in [2.05, 4.69) is 42.3 Å². The van der Waals surface area contributed by atoms with Gasteiger partial charge in [0.2, 0.25) is 0 Å². The van der Waals surface area contributed by atoms with Crippen LogP contribution in [-0.4, -0.2) is 76.5 Å². The zero-order chi connectivity index (χ0) is 27.3. The lowest BCUT2D eigenvalue weighted by Crippen LogP contribution is -2.41. The number of rotatable bonds is 6. The van der Waals surface area contributed by atoms with Crippen LogP contribution in [0.5, 0.6) is 0 Å². The van der Waals surface area contributed by atoms with Gasteiger partial charge in [0.15, 0.2) is 0 Å². The molecule has 0 radical (unpaired) electrons. The van der Waals surface area contributed by atoms with Gasteiger partial charge < -0.3 is 19.9 Å². The Bertz CT molecular complexity index is 1100. The zero-order valence-corrected chi connectivity index (χ0v) is 23.9. The standard InChI is InChI=1S/C30H45N5O3/c1-22-10-11-25(20-23(22)2)35-27(24-12-17-34(18-13-24)29(37)38-30(3,4)5)26(21-32-35)28(36)31-14-19-33-15-8-6-7-9-16-33/h10-11,20-21,24H,6-9,12-19H2,1-5H3,(H,31,36). The Hall–Kier alpha value is -2.87. The molecule has 4 rings (SSSR count). The van der Waals surface area contributed by atoms with Crippen LogP contribution in [0.15, 0.2) is 24.4 Å². The molecule has 0 saturated carbocycles. The lowest BCUT2D eigenvalue weighted by Gasteiger charge is -2.34. The van der Waals surface area contributed by atoms with Crippen molar-refractivity contribution < 1.29 is 14.3 Å². The van der Waals surface area contributed by atoms with Crippen molar-refractivity contribution in [3.8, 4) is 5.69 Å². The smallest absolute Gasteiger partial charge is 0.410 e. The Kier molecular flexibility index (Phi) is 9.13. The maximum absolute atomic E-state index is 13.4. The van der Waals surface area contributed by atoms with E-state index in [1.165, 1.54) is 36.8 Å². The van der Waals surface area contributed by atoms with Crippen molar-refractivity contribution in [2.45, 2.75) is 84.7 Å². The van der Waals surface area contributed by atoms with Gasteiger partial charge >= 0.3 is 6.09 Å². The number of piperidine rings is 1. The summed E-state index contributed by atoms with van der Waals surface area (Å²) in [7, 11) is 0. The van der Waals surface area contributed by atoms with Crippen molar-refractivity contribution in [1.82, 2.24) is 24.9 Å². The summed E-state index contributed by atoms with van der Waals surface area (Å²) in [5.41, 5.74) is 4.42. The van der Waals surface area contributed by atoms with Gasteiger partial charge in [-0.2, -0.15) is 5.10 Å². The van der Waals surface area contributed by atoms with E-state index in [9.17, 15) is 9.59 Å². The number of carbonyl (C=O) groups excluding carboxylic acids is 2. The van der Waals surface area contributed by atoms with Crippen LogP contribution in [0.1, 0.15) is 92.4 Å². The molecule has 0 unspecified atom stereocenters. The van der Waals surface area contributed by atoms with Crippen LogP contribution in [0, 0.1) is 13.8 Å². The van der Waals surface area contributed by atoms with Crippen LogP contribution >= 0.6 is 0 Å². The number of nitrogens with one attached hydrogen (secondary N) is 1. The van der Waals surface area contributed by atoms with E-state index in [1.807, 2.05) is 25.5 Å². The van der Waals surface area contributed by atoms with Gasteiger partial charge in [-0.15, -0.1) is 0 Å². The molecule has 1 N–H and O–H groups in total. The van der Waals surface area contributed by atoms with Crippen LogP contribution in [0.3, 0.4) is 0 Å². The van der Waals surface area contributed by atoms with Crippen molar-refractivity contribution in [3.63, 3.8) is 0 Å². The number of nitrogens with zero attached hydrogens (tertiary/aromatic N) is 4. The monoisotopic (exact) mass is 523 g/mol. The largest absolute Gasteiger partial charge is 0.444 e. The summed E-state index contributed by atoms with van der Waals surface area (Å²) in [6.07, 6.45) is 8.03. The van der Waals surface area contributed by atoms with Crippen molar-refractivity contribution in [3.05, 3.63) is 46.8 Å². The normalized spacial score (nSPS) is 17.8. The van der Waals surface area contributed by atoms with E-state index in [0.717, 1.165) is 43.9 Å². The van der Waals surface area contributed by atoms with E-state index in [1.54, 1.807) is 11.1 Å². The predicted molar refractivity (Wildman–Crippen MR) is 150 cm³/mol. The summed E-state index contributed by atoms with van der Waals surface area (Å²) in [6, 6.07) is 6.29.